The zero-order chi connectivity index (χ0) is 20.0. The zero-order valence-electron chi connectivity index (χ0n) is 15.9. The van der Waals surface area contributed by atoms with Crippen LogP contribution in [0, 0.1) is 0 Å². The molecule has 0 bridgehead atoms. The fourth-order valence-corrected chi connectivity index (χ4v) is 3.00. The highest BCUT2D eigenvalue weighted by atomic mass is 19.4. The van der Waals surface area contributed by atoms with E-state index in [9.17, 15) is 13.2 Å². The minimum atomic E-state index is -4.36. The number of alkyl halides is 3. The normalized spacial score (nSPS) is 14.4. The second-order valence-corrected chi connectivity index (χ2v) is 6.81. The van der Waals surface area contributed by atoms with E-state index in [2.05, 4.69) is 37.4 Å². The topological polar surface area (TPSA) is 66.0 Å². The molecule has 28 heavy (non-hydrogen) atoms. The number of anilines is 3. The van der Waals surface area contributed by atoms with E-state index in [0.29, 0.717) is 23.4 Å². The van der Waals surface area contributed by atoms with Crippen LogP contribution in [0.2, 0.25) is 0 Å². The summed E-state index contributed by atoms with van der Waals surface area (Å²) in [6, 6.07) is 5.25. The lowest BCUT2D eigenvalue weighted by Gasteiger charge is -2.17. The maximum absolute atomic E-state index is 12.9. The van der Waals surface area contributed by atoms with E-state index < -0.39 is 11.7 Å². The minimum absolute atomic E-state index is 0.196. The first kappa shape index (κ1) is 20.2. The summed E-state index contributed by atoms with van der Waals surface area (Å²) in [6.45, 7) is 4.85. The number of hydrogen-bond acceptors (Lipinski definition) is 6. The quantitative estimate of drug-likeness (QED) is 0.651. The van der Waals surface area contributed by atoms with Crippen molar-refractivity contribution in [1.82, 2.24) is 15.0 Å². The Morgan fingerprint density at radius 3 is 2.43 bits per heavy atom. The molecule has 152 valence electrons. The van der Waals surface area contributed by atoms with Gasteiger partial charge in [-0.15, -0.1) is 0 Å². The van der Waals surface area contributed by atoms with Gasteiger partial charge in [-0.2, -0.15) is 28.1 Å². The Morgan fingerprint density at radius 2 is 1.75 bits per heavy atom. The van der Waals surface area contributed by atoms with Gasteiger partial charge in [0.15, 0.2) is 0 Å². The van der Waals surface area contributed by atoms with Crippen molar-refractivity contribution >= 4 is 17.8 Å². The lowest BCUT2D eigenvalue weighted by Crippen LogP contribution is -2.22. The molecule has 1 saturated heterocycles. The van der Waals surface area contributed by atoms with E-state index in [1.165, 1.54) is 6.07 Å². The van der Waals surface area contributed by atoms with Gasteiger partial charge in [0, 0.05) is 26.2 Å². The lowest BCUT2D eigenvalue weighted by molar-refractivity contribution is -0.137. The van der Waals surface area contributed by atoms with Crippen molar-refractivity contribution in [3.63, 3.8) is 0 Å². The van der Waals surface area contributed by atoms with Crippen LogP contribution >= 0.6 is 0 Å². The molecule has 2 N–H and O–H groups in total. The molecule has 1 aromatic heterocycles. The first-order valence-corrected chi connectivity index (χ1v) is 9.60. The van der Waals surface area contributed by atoms with Crippen LogP contribution in [0.1, 0.15) is 43.7 Å². The van der Waals surface area contributed by atoms with Crippen LogP contribution in [-0.4, -0.2) is 34.6 Å². The fraction of sp³-hybridized carbons (Fsp3) is 0.526. The highest BCUT2D eigenvalue weighted by Gasteiger charge is 2.30. The zero-order valence-corrected chi connectivity index (χ0v) is 15.9. The average molecular weight is 394 g/mol. The third-order valence-electron chi connectivity index (χ3n) is 4.53. The maximum Gasteiger partial charge on any atom is 0.416 e. The Hall–Kier alpha value is -2.58. The third kappa shape index (κ3) is 5.46. The summed E-state index contributed by atoms with van der Waals surface area (Å²) in [5.74, 6) is 1.43. The van der Waals surface area contributed by atoms with E-state index in [1.54, 1.807) is 6.07 Å². The van der Waals surface area contributed by atoms with Crippen molar-refractivity contribution in [2.24, 2.45) is 0 Å². The molecule has 2 aromatic rings. The summed E-state index contributed by atoms with van der Waals surface area (Å²) in [4.78, 5) is 15.4. The number of unbranched alkanes of at least 4 members (excludes halogenated alkanes) is 1. The molecule has 9 heteroatoms. The van der Waals surface area contributed by atoms with Crippen LogP contribution in [0.15, 0.2) is 24.3 Å². The van der Waals surface area contributed by atoms with Gasteiger partial charge in [0.05, 0.1) is 5.56 Å². The molecule has 0 spiro atoms. The molecule has 0 atom stereocenters. The third-order valence-corrected chi connectivity index (χ3v) is 4.53. The van der Waals surface area contributed by atoms with Gasteiger partial charge in [-0.05, 0) is 37.0 Å². The molecular formula is C19H25F3N6. The molecule has 0 unspecified atom stereocenters. The van der Waals surface area contributed by atoms with Gasteiger partial charge in [-0.3, -0.25) is 0 Å². The molecule has 0 saturated carbocycles. The van der Waals surface area contributed by atoms with Crippen molar-refractivity contribution in [2.45, 2.75) is 45.3 Å². The second kappa shape index (κ2) is 9.07. The Morgan fingerprint density at radius 1 is 1.04 bits per heavy atom. The number of aromatic nitrogens is 3. The Balaban J connectivity index is 1.74. The van der Waals surface area contributed by atoms with Gasteiger partial charge in [0.25, 0.3) is 0 Å². The lowest BCUT2D eigenvalue weighted by atomic mass is 10.1. The molecule has 0 aliphatic carbocycles. The van der Waals surface area contributed by atoms with E-state index in [4.69, 9.17) is 0 Å². The molecule has 3 rings (SSSR count). The van der Waals surface area contributed by atoms with Crippen molar-refractivity contribution in [1.29, 1.82) is 0 Å². The smallest absolute Gasteiger partial charge is 0.354 e. The number of rotatable bonds is 8. The predicted octanol–water partition coefficient (Wildman–Crippen LogP) is 4.31. The van der Waals surface area contributed by atoms with Gasteiger partial charge in [0.2, 0.25) is 17.8 Å². The maximum atomic E-state index is 12.9. The van der Waals surface area contributed by atoms with Crippen molar-refractivity contribution < 1.29 is 13.2 Å². The summed E-state index contributed by atoms with van der Waals surface area (Å²) in [6.07, 6.45) is -0.119. The monoisotopic (exact) mass is 394 g/mol. The first-order valence-electron chi connectivity index (χ1n) is 9.60. The van der Waals surface area contributed by atoms with Crippen molar-refractivity contribution in [3.05, 3.63) is 35.4 Å². The Bertz CT molecular complexity index is 775. The number of halogens is 3. The Kier molecular flexibility index (Phi) is 6.53. The molecule has 0 amide bonds. The molecule has 1 aliphatic heterocycles. The molecule has 1 fully saturated rings. The van der Waals surface area contributed by atoms with Gasteiger partial charge < -0.3 is 15.5 Å². The van der Waals surface area contributed by atoms with Crippen molar-refractivity contribution in [3.8, 4) is 0 Å². The minimum Gasteiger partial charge on any atom is -0.354 e. The summed E-state index contributed by atoms with van der Waals surface area (Å²) in [5.41, 5.74) is -0.152. The van der Waals surface area contributed by atoms with E-state index in [0.717, 1.165) is 57.5 Å². The van der Waals surface area contributed by atoms with Gasteiger partial charge >= 0.3 is 6.18 Å². The summed E-state index contributed by atoms with van der Waals surface area (Å²) >= 11 is 0. The van der Waals surface area contributed by atoms with Crippen LogP contribution < -0.4 is 15.5 Å². The van der Waals surface area contributed by atoms with E-state index in [1.807, 2.05) is 0 Å². The van der Waals surface area contributed by atoms with Crippen LogP contribution in [0.25, 0.3) is 0 Å². The highest BCUT2D eigenvalue weighted by molar-refractivity contribution is 5.44. The number of nitrogens with zero attached hydrogens (tertiary/aromatic N) is 4. The average Bonchev–Trinajstić information content (AvgIpc) is 3.21. The van der Waals surface area contributed by atoms with Crippen LogP contribution in [0.5, 0.6) is 0 Å². The first-order chi connectivity index (χ1) is 13.5. The molecule has 0 radical (unpaired) electrons. The standard InChI is InChI=1S/C19H25F3N6/c1-2-3-9-23-16-25-17(27-18(26-16)28-10-4-5-11-28)24-13-14-7-6-8-15(12-14)19(20,21)22/h6-8,12H,2-5,9-11,13H2,1H3,(H2,23,24,25,26,27). The van der Waals surface area contributed by atoms with E-state index in [-0.39, 0.29) is 6.54 Å². The number of hydrogen-bond donors (Lipinski definition) is 2. The van der Waals surface area contributed by atoms with Crippen LogP contribution in [-0.2, 0) is 12.7 Å². The van der Waals surface area contributed by atoms with Crippen LogP contribution in [0.4, 0.5) is 31.0 Å². The molecule has 1 aliphatic rings. The largest absolute Gasteiger partial charge is 0.416 e. The van der Waals surface area contributed by atoms with E-state index >= 15 is 0 Å². The van der Waals surface area contributed by atoms with Gasteiger partial charge in [0.1, 0.15) is 0 Å². The summed E-state index contributed by atoms with van der Waals surface area (Å²) in [7, 11) is 0. The summed E-state index contributed by atoms with van der Waals surface area (Å²) < 4.78 is 38.7. The molecule has 2 heterocycles. The SMILES string of the molecule is CCCCNc1nc(NCc2cccc(C(F)(F)F)c2)nc(N2CCCC2)n1. The summed E-state index contributed by atoms with van der Waals surface area (Å²) in [5, 5.41) is 6.24. The van der Waals surface area contributed by atoms with Crippen molar-refractivity contribution in [2.75, 3.05) is 35.2 Å². The predicted molar refractivity (Wildman–Crippen MR) is 103 cm³/mol. The highest BCUT2D eigenvalue weighted by Crippen LogP contribution is 2.29. The second-order valence-electron chi connectivity index (χ2n) is 6.81. The van der Waals surface area contributed by atoms with Gasteiger partial charge in [-0.25, -0.2) is 0 Å². The number of benzene rings is 1. The molecule has 1 aromatic carbocycles. The number of nitrogens with one attached hydrogen (secondary N) is 2. The molecular weight excluding hydrogens is 369 g/mol. The fourth-order valence-electron chi connectivity index (χ4n) is 3.00. The van der Waals surface area contributed by atoms with Crippen LogP contribution in [0.3, 0.4) is 0 Å². The Labute approximate surface area is 162 Å². The molecule has 6 nitrogen and oxygen atoms in total. The van der Waals surface area contributed by atoms with Gasteiger partial charge in [-0.1, -0.05) is 25.5 Å².